The Kier molecular flexibility index (Phi) is 2.43. The number of aryl methyl sites for hydroxylation is 1. The van der Waals surface area contributed by atoms with Crippen molar-refractivity contribution in [3.05, 3.63) is 30.5 Å². The summed E-state index contributed by atoms with van der Waals surface area (Å²) in [5, 5.41) is 2.27. The highest BCUT2D eigenvalue weighted by atomic mass is 16.7. The molecule has 0 spiro atoms. The van der Waals surface area contributed by atoms with Crippen LogP contribution in [0.25, 0.3) is 10.9 Å². The van der Waals surface area contributed by atoms with Crippen LogP contribution < -0.4 is 5.06 Å². The van der Waals surface area contributed by atoms with Crippen molar-refractivity contribution in [2.24, 2.45) is 7.05 Å². The number of benzene rings is 1. The molecule has 78 valence electrons. The Morgan fingerprint density at radius 3 is 2.87 bits per heavy atom. The average molecular weight is 204 g/mol. The van der Waals surface area contributed by atoms with E-state index in [0.717, 1.165) is 16.6 Å². The number of fused-ring (bicyclic) bond motifs is 1. The summed E-state index contributed by atoms with van der Waals surface area (Å²) in [6.07, 6.45) is 2.62. The normalized spacial score (nSPS) is 10.5. The van der Waals surface area contributed by atoms with Crippen LogP contribution in [0.4, 0.5) is 5.69 Å². The Labute approximate surface area is 87.6 Å². The molecule has 0 radical (unpaired) electrons. The van der Waals surface area contributed by atoms with Crippen molar-refractivity contribution in [3.8, 4) is 0 Å². The van der Waals surface area contributed by atoms with Crippen molar-refractivity contribution in [2.45, 2.75) is 0 Å². The summed E-state index contributed by atoms with van der Waals surface area (Å²) in [4.78, 5) is 15.6. The van der Waals surface area contributed by atoms with E-state index in [-0.39, 0.29) is 0 Å². The predicted molar refractivity (Wildman–Crippen MR) is 58.5 cm³/mol. The van der Waals surface area contributed by atoms with Gasteiger partial charge in [-0.05, 0) is 24.3 Å². The van der Waals surface area contributed by atoms with Gasteiger partial charge in [-0.3, -0.25) is 9.63 Å². The number of hydroxylamine groups is 1. The quantitative estimate of drug-likeness (QED) is 0.563. The lowest BCUT2D eigenvalue weighted by molar-refractivity contribution is -0.112. The summed E-state index contributed by atoms with van der Waals surface area (Å²) >= 11 is 0. The molecule has 1 aromatic carbocycles. The van der Waals surface area contributed by atoms with E-state index in [1.807, 2.05) is 42.1 Å². The molecule has 0 fully saturated rings. The number of aromatic nitrogens is 1. The third-order valence-corrected chi connectivity index (χ3v) is 2.42. The number of hydrogen-bond acceptors (Lipinski definition) is 2. The number of anilines is 1. The van der Waals surface area contributed by atoms with Gasteiger partial charge in [-0.25, -0.2) is 0 Å². The second kappa shape index (κ2) is 3.74. The van der Waals surface area contributed by atoms with Crippen LogP contribution in [-0.4, -0.2) is 18.1 Å². The molecule has 0 bridgehead atoms. The van der Waals surface area contributed by atoms with Crippen LogP contribution in [-0.2, 0) is 16.7 Å². The molecule has 4 nitrogen and oxygen atoms in total. The zero-order valence-corrected chi connectivity index (χ0v) is 8.68. The summed E-state index contributed by atoms with van der Waals surface area (Å²) < 4.78 is 2.02. The van der Waals surface area contributed by atoms with Crippen molar-refractivity contribution in [1.29, 1.82) is 0 Å². The first-order chi connectivity index (χ1) is 7.26. The number of rotatable bonds is 3. The molecule has 1 heterocycles. The van der Waals surface area contributed by atoms with Gasteiger partial charge in [0.1, 0.15) is 0 Å². The van der Waals surface area contributed by atoms with Gasteiger partial charge < -0.3 is 4.57 Å². The van der Waals surface area contributed by atoms with E-state index >= 15 is 0 Å². The van der Waals surface area contributed by atoms with E-state index in [1.165, 1.54) is 12.2 Å². The van der Waals surface area contributed by atoms with Gasteiger partial charge in [0.15, 0.2) is 0 Å². The van der Waals surface area contributed by atoms with Crippen LogP contribution in [0.5, 0.6) is 0 Å². The number of carbonyl (C=O) groups is 1. The highest BCUT2D eigenvalue weighted by Gasteiger charge is 2.05. The standard InChI is InChI=1S/C11H12N2O2/c1-12-6-5-9-7-10(3-4-11(9)12)13(8-14)15-2/h3-8H,1-2H3. The molecule has 2 rings (SSSR count). The maximum Gasteiger partial charge on any atom is 0.238 e. The molecular formula is C11H12N2O2. The molecule has 0 atom stereocenters. The molecule has 1 amide bonds. The molecule has 0 aliphatic rings. The topological polar surface area (TPSA) is 34.5 Å². The Morgan fingerprint density at radius 2 is 2.20 bits per heavy atom. The molecule has 4 heteroatoms. The van der Waals surface area contributed by atoms with Crippen LogP contribution in [0.1, 0.15) is 0 Å². The van der Waals surface area contributed by atoms with Gasteiger partial charge in [-0.15, -0.1) is 0 Å². The number of hydrogen-bond donors (Lipinski definition) is 0. The third kappa shape index (κ3) is 1.59. The van der Waals surface area contributed by atoms with Gasteiger partial charge in [0.05, 0.1) is 12.8 Å². The molecule has 0 aliphatic carbocycles. The van der Waals surface area contributed by atoms with Crippen LogP contribution in [0.2, 0.25) is 0 Å². The fourth-order valence-electron chi connectivity index (χ4n) is 1.62. The third-order valence-electron chi connectivity index (χ3n) is 2.42. The minimum Gasteiger partial charge on any atom is -0.351 e. The lowest BCUT2D eigenvalue weighted by Gasteiger charge is -2.13. The summed E-state index contributed by atoms with van der Waals surface area (Å²) in [6.45, 7) is 0. The van der Waals surface area contributed by atoms with Gasteiger partial charge >= 0.3 is 0 Å². The molecule has 0 unspecified atom stereocenters. The Hall–Kier alpha value is -1.81. The smallest absolute Gasteiger partial charge is 0.238 e. The largest absolute Gasteiger partial charge is 0.351 e. The molecule has 0 aliphatic heterocycles. The monoisotopic (exact) mass is 204 g/mol. The fourth-order valence-corrected chi connectivity index (χ4v) is 1.62. The van der Waals surface area contributed by atoms with Crippen molar-refractivity contribution >= 4 is 23.0 Å². The maximum absolute atomic E-state index is 10.7. The van der Waals surface area contributed by atoms with Gasteiger partial charge in [0.2, 0.25) is 6.41 Å². The van der Waals surface area contributed by atoms with Crippen molar-refractivity contribution in [2.75, 3.05) is 12.2 Å². The molecule has 15 heavy (non-hydrogen) atoms. The Balaban J connectivity index is 2.51. The minimum absolute atomic E-state index is 0.643. The number of nitrogens with zero attached hydrogens (tertiary/aromatic N) is 2. The highest BCUT2D eigenvalue weighted by Crippen LogP contribution is 2.21. The molecule has 0 saturated carbocycles. The molecule has 2 aromatic rings. The second-order valence-electron chi connectivity index (χ2n) is 3.28. The van der Waals surface area contributed by atoms with E-state index in [2.05, 4.69) is 0 Å². The van der Waals surface area contributed by atoms with Crippen molar-refractivity contribution in [3.63, 3.8) is 0 Å². The summed E-state index contributed by atoms with van der Waals surface area (Å²) in [5.74, 6) is 0. The lowest BCUT2D eigenvalue weighted by atomic mass is 10.2. The van der Waals surface area contributed by atoms with Crippen LogP contribution in [0.15, 0.2) is 30.5 Å². The van der Waals surface area contributed by atoms with Gasteiger partial charge in [-0.1, -0.05) is 0 Å². The molecule has 1 aromatic heterocycles. The van der Waals surface area contributed by atoms with Crippen molar-refractivity contribution < 1.29 is 9.63 Å². The van der Waals surface area contributed by atoms with E-state index in [0.29, 0.717) is 6.41 Å². The average Bonchev–Trinajstić information content (AvgIpc) is 2.62. The number of amides is 1. The predicted octanol–water partition coefficient (Wildman–Crippen LogP) is 1.70. The van der Waals surface area contributed by atoms with E-state index in [9.17, 15) is 4.79 Å². The molecule has 0 N–H and O–H groups in total. The van der Waals surface area contributed by atoms with Gasteiger partial charge in [0.25, 0.3) is 0 Å². The van der Waals surface area contributed by atoms with E-state index in [4.69, 9.17) is 4.84 Å². The number of carbonyl (C=O) groups excluding carboxylic acids is 1. The van der Waals surface area contributed by atoms with Crippen LogP contribution in [0.3, 0.4) is 0 Å². The fraction of sp³-hybridized carbons (Fsp3) is 0.182. The molecule has 0 saturated heterocycles. The SMILES string of the molecule is CON(C=O)c1ccc2c(ccn2C)c1. The summed E-state index contributed by atoms with van der Waals surface area (Å²) in [7, 11) is 3.44. The summed E-state index contributed by atoms with van der Waals surface area (Å²) in [5.41, 5.74) is 1.85. The van der Waals surface area contributed by atoms with Gasteiger partial charge in [0, 0.05) is 24.1 Å². The Morgan fingerprint density at radius 1 is 1.40 bits per heavy atom. The maximum atomic E-state index is 10.7. The van der Waals surface area contributed by atoms with Crippen LogP contribution >= 0.6 is 0 Å². The van der Waals surface area contributed by atoms with Gasteiger partial charge in [-0.2, -0.15) is 5.06 Å². The van der Waals surface area contributed by atoms with Crippen molar-refractivity contribution in [1.82, 2.24) is 4.57 Å². The minimum atomic E-state index is 0.643. The highest BCUT2D eigenvalue weighted by molar-refractivity contribution is 5.86. The first kappa shape index (κ1) is 9.73. The second-order valence-corrected chi connectivity index (χ2v) is 3.28. The first-order valence-corrected chi connectivity index (χ1v) is 4.60. The summed E-state index contributed by atoms with van der Waals surface area (Å²) in [6, 6.07) is 7.71. The zero-order valence-electron chi connectivity index (χ0n) is 8.68. The molecular weight excluding hydrogens is 192 g/mol. The zero-order chi connectivity index (χ0) is 10.8. The lowest BCUT2D eigenvalue weighted by Crippen LogP contribution is -2.18. The van der Waals surface area contributed by atoms with Crippen LogP contribution in [0, 0.1) is 0 Å². The van der Waals surface area contributed by atoms with E-state index < -0.39 is 0 Å². The first-order valence-electron chi connectivity index (χ1n) is 4.60. The Bertz CT molecular complexity index is 490. The van der Waals surface area contributed by atoms with E-state index in [1.54, 1.807) is 0 Å².